The number of carbonyl (C=O) groups excluding carboxylic acids is 2. The predicted octanol–water partition coefficient (Wildman–Crippen LogP) is -0.122. The maximum absolute atomic E-state index is 12.5. The lowest BCUT2D eigenvalue weighted by Gasteiger charge is -2.10. The molecule has 4 rings (SSSR count). The van der Waals surface area contributed by atoms with Gasteiger partial charge in [-0.3, -0.25) is 9.59 Å². The topological polar surface area (TPSA) is 71.6 Å². The second-order valence-corrected chi connectivity index (χ2v) is 6.86. The maximum atomic E-state index is 12.5. The summed E-state index contributed by atoms with van der Waals surface area (Å²) in [5, 5.41) is 6.88. The van der Waals surface area contributed by atoms with E-state index in [1.54, 1.807) is 36.4 Å². The number of halogens is 1. The summed E-state index contributed by atoms with van der Waals surface area (Å²) in [5.41, 5.74) is 3.46. The summed E-state index contributed by atoms with van der Waals surface area (Å²) in [6, 6.07) is 19.8. The molecule has 152 valence electrons. The van der Waals surface area contributed by atoms with E-state index in [1.165, 1.54) is 0 Å². The molecular weight excluding hydrogens is 493 g/mol. The van der Waals surface area contributed by atoms with Crippen LogP contribution in [0, 0.1) is 0 Å². The van der Waals surface area contributed by atoms with Gasteiger partial charge in [-0.25, -0.2) is 4.57 Å². The number of rotatable bonds is 5. The number of ketones is 1. The molecule has 0 aliphatic carbocycles. The van der Waals surface area contributed by atoms with E-state index in [0.29, 0.717) is 23.2 Å². The first-order chi connectivity index (χ1) is 14.1. The average Bonchev–Trinajstić information content (AvgIpc) is 3.25. The van der Waals surface area contributed by atoms with E-state index in [1.807, 2.05) is 54.3 Å². The number of carbonyl (C=O) groups is 2. The Bertz CT molecular complexity index is 1080. The Balaban J connectivity index is 0.00000256. The van der Waals surface area contributed by atoms with Crippen LogP contribution in [0.4, 0.5) is 5.69 Å². The number of oxime groups is 1. The van der Waals surface area contributed by atoms with Crippen molar-refractivity contribution in [2.24, 2.45) is 12.2 Å². The Morgan fingerprint density at radius 2 is 1.70 bits per heavy atom. The Kier molecular flexibility index (Phi) is 6.94. The molecule has 1 aliphatic rings. The van der Waals surface area contributed by atoms with Crippen LogP contribution in [0.5, 0.6) is 0 Å². The van der Waals surface area contributed by atoms with Crippen LogP contribution in [-0.4, -0.2) is 23.5 Å². The van der Waals surface area contributed by atoms with Crippen molar-refractivity contribution in [3.8, 4) is 0 Å². The molecule has 3 aromatic rings. The molecule has 2 aromatic carbocycles. The van der Waals surface area contributed by atoms with Crippen molar-refractivity contribution in [2.75, 3.05) is 5.32 Å². The van der Waals surface area contributed by atoms with E-state index in [9.17, 15) is 9.59 Å². The summed E-state index contributed by atoms with van der Waals surface area (Å²) < 4.78 is 1.92. The molecule has 1 amide bonds. The number of amides is 1. The molecule has 1 N–H and O–H groups in total. The Hall–Kier alpha value is -3.07. The number of aryl methyl sites for hydroxylation is 1. The van der Waals surface area contributed by atoms with Crippen LogP contribution in [-0.2, 0) is 16.7 Å². The highest BCUT2D eigenvalue weighted by atomic mass is 127. The fraction of sp³-hybridized carbons (Fsp3) is 0.130. The van der Waals surface area contributed by atoms with Crippen LogP contribution >= 0.6 is 0 Å². The van der Waals surface area contributed by atoms with E-state index < -0.39 is 6.10 Å². The van der Waals surface area contributed by atoms with Gasteiger partial charge in [-0.2, -0.15) is 0 Å². The molecule has 0 saturated carbocycles. The van der Waals surface area contributed by atoms with Crippen molar-refractivity contribution in [3.05, 3.63) is 95.8 Å². The lowest BCUT2D eigenvalue weighted by atomic mass is 10.0. The summed E-state index contributed by atoms with van der Waals surface area (Å²) in [7, 11) is 1.93. The molecule has 30 heavy (non-hydrogen) atoms. The van der Waals surface area contributed by atoms with Crippen molar-refractivity contribution in [3.63, 3.8) is 0 Å². The Morgan fingerprint density at radius 3 is 2.40 bits per heavy atom. The maximum Gasteiger partial charge on any atom is 0.268 e. The smallest absolute Gasteiger partial charge is 0.268 e. The number of benzene rings is 2. The minimum atomic E-state index is -0.680. The summed E-state index contributed by atoms with van der Waals surface area (Å²) in [6.07, 6.45) is 3.59. The Labute approximate surface area is 191 Å². The van der Waals surface area contributed by atoms with Crippen LogP contribution < -0.4 is 33.9 Å². The van der Waals surface area contributed by atoms with Gasteiger partial charge >= 0.3 is 0 Å². The van der Waals surface area contributed by atoms with Crippen LogP contribution in [0.1, 0.15) is 27.9 Å². The van der Waals surface area contributed by atoms with Gasteiger partial charge in [-0.05, 0) is 30.3 Å². The van der Waals surface area contributed by atoms with Crippen molar-refractivity contribution in [1.29, 1.82) is 0 Å². The lowest BCUT2D eigenvalue weighted by molar-refractivity contribution is -0.671. The van der Waals surface area contributed by atoms with Crippen molar-refractivity contribution >= 4 is 23.1 Å². The standard InChI is InChI=1S/C23H19N3O3.HI/c1-26-13-5-8-18(15-26)20-14-21(29-25-20)23(28)24-19-11-9-17(10-12-19)22(27)16-6-3-2-4-7-16;/h2-13,15,21H,14H2,1H3;1H. The first kappa shape index (κ1) is 21.6. The number of aromatic nitrogens is 1. The zero-order valence-corrected chi connectivity index (χ0v) is 18.4. The molecule has 6 nitrogen and oxygen atoms in total. The molecule has 1 unspecified atom stereocenters. The summed E-state index contributed by atoms with van der Waals surface area (Å²) >= 11 is 0. The highest BCUT2D eigenvalue weighted by Crippen LogP contribution is 2.19. The molecule has 2 heterocycles. The van der Waals surface area contributed by atoms with E-state index in [0.717, 1.165) is 11.3 Å². The fourth-order valence-electron chi connectivity index (χ4n) is 3.13. The zero-order valence-electron chi connectivity index (χ0n) is 16.3. The minimum Gasteiger partial charge on any atom is -1.00 e. The van der Waals surface area contributed by atoms with Crippen LogP contribution in [0.25, 0.3) is 0 Å². The van der Waals surface area contributed by atoms with Crippen LogP contribution in [0.15, 0.2) is 84.3 Å². The molecule has 0 spiro atoms. The third-order valence-corrected chi connectivity index (χ3v) is 4.68. The summed E-state index contributed by atoms with van der Waals surface area (Å²) in [6.45, 7) is 0. The summed E-state index contributed by atoms with van der Waals surface area (Å²) in [5.74, 6) is -0.331. The molecule has 1 aromatic heterocycles. The van der Waals surface area contributed by atoms with Crippen molar-refractivity contribution in [1.82, 2.24) is 0 Å². The fourth-order valence-corrected chi connectivity index (χ4v) is 3.13. The second kappa shape index (κ2) is 9.62. The molecule has 0 radical (unpaired) electrons. The van der Waals surface area contributed by atoms with E-state index >= 15 is 0 Å². The zero-order chi connectivity index (χ0) is 20.2. The van der Waals surface area contributed by atoms with Gasteiger partial charge in [-0.15, -0.1) is 0 Å². The first-order valence-electron chi connectivity index (χ1n) is 9.29. The SMILES string of the molecule is C[n+]1cccc(C2=NOC(C(=O)Nc3ccc(C(=O)c4ccccc4)cc3)C2)c1.[I-]. The van der Waals surface area contributed by atoms with E-state index in [4.69, 9.17) is 4.84 Å². The normalized spacial score (nSPS) is 14.8. The molecule has 0 bridgehead atoms. The monoisotopic (exact) mass is 513 g/mol. The molecule has 1 aliphatic heterocycles. The van der Waals surface area contributed by atoms with Crippen molar-refractivity contribution < 1.29 is 43.0 Å². The van der Waals surface area contributed by atoms with E-state index in [-0.39, 0.29) is 35.7 Å². The van der Waals surface area contributed by atoms with Gasteiger partial charge in [0.1, 0.15) is 7.05 Å². The van der Waals surface area contributed by atoms with Crippen molar-refractivity contribution in [2.45, 2.75) is 12.5 Å². The van der Waals surface area contributed by atoms with Gasteiger partial charge in [0, 0.05) is 29.3 Å². The Morgan fingerprint density at radius 1 is 1.00 bits per heavy atom. The molecule has 0 fully saturated rings. The summed E-state index contributed by atoms with van der Waals surface area (Å²) in [4.78, 5) is 30.3. The third-order valence-electron chi connectivity index (χ3n) is 4.68. The number of pyridine rings is 1. The number of nitrogens with one attached hydrogen (secondary N) is 1. The molecule has 0 saturated heterocycles. The third kappa shape index (κ3) is 4.91. The van der Waals surface area contributed by atoms with Gasteiger partial charge in [0.15, 0.2) is 18.2 Å². The highest BCUT2D eigenvalue weighted by molar-refractivity contribution is 6.09. The van der Waals surface area contributed by atoms with Crippen LogP contribution in [0.3, 0.4) is 0 Å². The number of hydrogen-bond donors (Lipinski definition) is 1. The highest BCUT2D eigenvalue weighted by Gasteiger charge is 2.29. The van der Waals surface area contributed by atoms with Gasteiger partial charge < -0.3 is 34.1 Å². The van der Waals surface area contributed by atoms with Gasteiger partial charge in [-0.1, -0.05) is 35.5 Å². The minimum absolute atomic E-state index is 0. The van der Waals surface area contributed by atoms with E-state index in [2.05, 4.69) is 10.5 Å². The molecular formula is C23H20IN3O3. The number of hydrogen-bond acceptors (Lipinski definition) is 4. The van der Waals surface area contributed by atoms with Gasteiger partial charge in [0.25, 0.3) is 5.91 Å². The van der Waals surface area contributed by atoms with Gasteiger partial charge in [0.2, 0.25) is 6.10 Å². The van der Waals surface area contributed by atoms with Gasteiger partial charge in [0.05, 0.1) is 11.3 Å². The number of nitrogens with zero attached hydrogens (tertiary/aromatic N) is 2. The average molecular weight is 513 g/mol. The largest absolute Gasteiger partial charge is 1.00 e. The van der Waals surface area contributed by atoms with Crippen LogP contribution in [0.2, 0.25) is 0 Å². The lowest BCUT2D eigenvalue weighted by Crippen LogP contribution is -3.00. The predicted molar refractivity (Wildman–Crippen MR) is 109 cm³/mol. The second-order valence-electron chi connectivity index (χ2n) is 6.86. The molecule has 7 heteroatoms. The first-order valence-corrected chi connectivity index (χ1v) is 9.29. The number of anilines is 1. The quantitative estimate of drug-likeness (QED) is 0.294. The molecule has 1 atom stereocenters.